The van der Waals surface area contributed by atoms with Crippen LogP contribution < -0.4 is 0 Å². The van der Waals surface area contributed by atoms with E-state index in [9.17, 15) is 0 Å². The molecule has 0 saturated carbocycles. The summed E-state index contributed by atoms with van der Waals surface area (Å²) in [6, 6.07) is 0. The molecule has 0 aliphatic rings. The standard InChI is InChI=1S/C4H8I/c1-4(2,3)5/h1H2,2-3H3. The van der Waals surface area contributed by atoms with Crippen molar-refractivity contribution in [3.63, 3.8) is 0 Å². The summed E-state index contributed by atoms with van der Waals surface area (Å²) in [4.78, 5) is 0. The third kappa shape index (κ3) is 66.2. The third-order valence-electron chi connectivity index (χ3n) is 0. The lowest BCUT2D eigenvalue weighted by Crippen LogP contribution is -1.98. The van der Waals surface area contributed by atoms with Gasteiger partial charge >= 0.3 is 0 Å². The second-order valence-corrected chi connectivity index (χ2v) is 4.64. The first-order chi connectivity index (χ1) is 2.00. The highest BCUT2D eigenvalue weighted by Crippen LogP contribution is 2.12. The molecule has 0 N–H and O–H groups in total. The first-order valence-electron chi connectivity index (χ1n) is 1.54. The van der Waals surface area contributed by atoms with Crippen molar-refractivity contribution in [3.05, 3.63) is 6.92 Å². The molecule has 0 spiro atoms. The molecule has 0 saturated heterocycles. The van der Waals surface area contributed by atoms with Crippen LogP contribution in [-0.2, 0) is 0 Å². The zero-order valence-corrected chi connectivity index (χ0v) is 5.74. The molecule has 5 heavy (non-hydrogen) atoms. The van der Waals surface area contributed by atoms with Crippen molar-refractivity contribution >= 4 is 22.6 Å². The summed E-state index contributed by atoms with van der Waals surface area (Å²) in [6.45, 7) is 7.88. The van der Waals surface area contributed by atoms with Gasteiger partial charge in [-0.25, -0.2) is 0 Å². The fraction of sp³-hybridized carbons (Fsp3) is 0.750. The van der Waals surface area contributed by atoms with Gasteiger partial charge in [-0.05, 0) is 6.92 Å². The van der Waals surface area contributed by atoms with Crippen LogP contribution in [0.5, 0.6) is 0 Å². The molecule has 0 bridgehead atoms. The number of hydrogen-bond acceptors (Lipinski definition) is 0. The van der Waals surface area contributed by atoms with Gasteiger partial charge in [0.2, 0.25) is 0 Å². The molecule has 0 unspecified atom stereocenters. The Balaban J connectivity index is 3.02. The first-order valence-corrected chi connectivity index (χ1v) is 2.62. The smallest absolute Gasteiger partial charge is 0.0166 e. The minimum atomic E-state index is 0.220. The van der Waals surface area contributed by atoms with E-state index >= 15 is 0 Å². The molecule has 0 aliphatic carbocycles. The van der Waals surface area contributed by atoms with Crippen LogP contribution in [0.1, 0.15) is 13.8 Å². The number of rotatable bonds is 0. The summed E-state index contributed by atoms with van der Waals surface area (Å²) in [5.41, 5.74) is 0. The normalized spacial score (nSPS) is 12.0. The van der Waals surface area contributed by atoms with E-state index in [0.29, 0.717) is 0 Å². The lowest BCUT2D eigenvalue weighted by atomic mass is 10.3. The zero-order chi connectivity index (χ0) is 4.50. The van der Waals surface area contributed by atoms with Crippen LogP contribution in [0.2, 0.25) is 0 Å². The maximum Gasteiger partial charge on any atom is 0.0166 e. The molecular formula is C4H8I. The minimum Gasteiger partial charge on any atom is -0.0795 e. The SMILES string of the molecule is [CH2]C(C)(C)I. The molecule has 31 valence electrons. The van der Waals surface area contributed by atoms with Crippen molar-refractivity contribution in [2.75, 3.05) is 0 Å². The Morgan fingerprint density at radius 2 is 1.60 bits per heavy atom. The predicted molar refractivity (Wildman–Crippen MR) is 33.5 cm³/mol. The summed E-state index contributed by atoms with van der Waals surface area (Å²) in [5, 5.41) is 0. The van der Waals surface area contributed by atoms with Crippen molar-refractivity contribution in [3.8, 4) is 0 Å². The van der Waals surface area contributed by atoms with Gasteiger partial charge in [-0.2, -0.15) is 0 Å². The van der Waals surface area contributed by atoms with E-state index in [-0.39, 0.29) is 3.42 Å². The van der Waals surface area contributed by atoms with Gasteiger partial charge in [0.15, 0.2) is 0 Å². The number of alkyl halides is 1. The summed E-state index contributed by atoms with van der Waals surface area (Å²) < 4.78 is 0.220. The highest BCUT2D eigenvalue weighted by molar-refractivity contribution is 14.1. The van der Waals surface area contributed by atoms with Gasteiger partial charge in [0.05, 0.1) is 0 Å². The minimum absolute atomic E-state index is 0.220. The van der Waals surface area contributed by atoms with Gasteiger partial charge in [-0.1, -0.05) is 36.4 Å². The van der Waals surface area contributed by atoms with E-state index in [2.05, 4.69) is 43.4 Å². The van der Waals surface area contributed by atoms with Gasteiger partial charge < -0.3 is 0 Å². The molecule has 0 atom stereocenters. The Morgan fingerprint density at radius 3 is 1.60 bits per heavy atom. The Morgan fingerprint density at radius 1 is 1.60 bits per heavy atom. The summed E-state index contributed by atoms with van der Waals surface area (Å²) in [6.07, 6.45) is 0. The van der Waals surface area contributed by atoms with Crippen LogP contribution >= 0.6 is 22.6 Å². The maximum atomic E-state index is 3.76. The fourth-order valence-corrected chi connectivity index (χ4v) is 0. The summed E-state index contributed by atoms with van der Waals surface area (Å²) in [5.74, 6) is 0. The van der Waals surface area contributed by atoms with Gasteiger partial charge in [-0.3, -0.25) is 0 Å². The quantitative estimate of drug-likeness (QED) is 0.398. The number of halogens is 1. The second kappa shape index (κ2) is 1.45. The maximum absolute atomic E-state index is 3.76. The molecule has 0 heterocycles. The van der Waals surface area contributed by atoms with Crippen molar-refractivity contribution in [2.45, 2.75) is 17.3 Å². The molecule has 0 aromatic carbocycles. The van der Waals surface area contributed by atoms with E-state index in [4.69, 9.17) is 0 Å². The molecular weight excluding hydrogens is 175 g/mol. The number of hydrogen-bond donors (Lipinski definition) is 0. The largest absolute Gasteiger partial charge is 0.0795 e. The highest BCUT2D eigenvalue weighted by atomic mass is 127. The zero-order valence-electron chi connectivity index (χ0n) is 3.59. The first kappa shape index (κ1) is 5.73. The monoisotopic (exact) mass is 183 g/mol. The average molecular weight is 183 g/mol. The van der Waals surface area contributed by atoms with Crippen molar-refractivity contribution in [1.29, 1.82) is 0 Å². The molecule has 0 aromatic rings. The molecule has 0 amide bonds. The van der Waals surface area contributed by atoms with Crippen LogP contribution in [0.15, 0.2) is 0 Å². The Bertz CT molecular complexity index is 19.1. The van der Waals surface area contributed by atoms with E-state index in [1.807, 2.05) is 0 Å². The van der Waals surface area contributed by atoms with Crippen LogP contribution in [-0.4, -0.2) is 3.42 Å². The Hall–Kier alpha value is 0.730. The van der Waals surface area contributed by atoms with Crippen LogP contribution in [0.4, 0.5) is 0 Å². The van der Waals surface area contributed by atoms with Gasteiger partial charge in [0.1, 0.15) is 0 Å². The highest BCUT2D eigenvalue weighted by Gasteiger charge is 1.98. The van der Waals surface area contributed by atoms with Gasteiger partial charge in [-0.15, -0.1) is 0 Å². The molecule has 0 aliphatic heterocycles. The molecule has 1 heteroatoms. The van der Waals surface area contributed by atoms with E-state index in [1.165, 1.54) is 0 Å². The summed E-state index contributed by atoms with van der Waals surface area (Å²) in [7, 11) is 0. The Labute approximate surface area is 47.1 Å². The van der Waals surface area contributed by atoms with Crippen molar-refractivity contribution < 1.29 is 0 Å². The lowest BCUT2D eigenvalue weighted by molar-refractivity contribution is 0.941. The van der Waals surface area contributed by atoms with Gasteiger partial charge in [0, 0.05) is 3.42 Å². The van der Waals surface area contributed by atoms with Crippen LogP contribution in [0, 0.1) is 6.92 Å². The molecule has 1 radical (unpaired) electrons. The summed E-state index contributed by atoms with van der Waals surface area (Å²) >= 11 is 2.27. The molecule has 0 aromatic heterocycles. The third-order valence-corrected chi connectivity index (χ3v) is 0. The molecule has 0 rings (SSSR count). The van der Waals surface area contributed by atoms with E-state index in [0.717, 1.165) is 0 Å². The van der Waals surface area contributed by atoms with E-state index in [1.54, 1.807) is 0 Å². The predicted octanol–water partition coefficient (Wildman–Crippen LogP) is 2.03. The van der Waals surface area contributed by atoms with Crippen molar-refractivity contribution in [2.24, 2.45) is 0 Å². The van der Waals surface area contributed by atoms with Gasteiger partial charge in [0.25, 0.3) is 0 Å². The fourth-order valence-electron chi connectivity index (χ4n) is 0. The van der Waals surface area contributed by atoms with Crippen LogP contribution in [0.3, 0.4) is 0 Å². The average Bonchev–Trinajstić information content (AvgIpc) is 0.722. The second-order valence-electron chi connectivity index (χ2n) is 1.72. The van der Waals surface area contributed by atoms with Crippen molar-refractivity contribution in [1.82, 2.24) is 0 Å². The topological polar surface area (TPSA) is 0 Å². The Kier molecular flexibility index (Phi) is 1.67. The lowest BCUT2D eigenvalue weighted by Gasteiger charge is -2.02. The van der Waals surface area contributed by atoms with Crippen LogP contribution in [0.25, 0.3) is 0 Å². The van der Waals surface area contributed by atoms with E-state index < -0.39 is 0 Å². The molecule has 0 fully saturated rings. The molecule has 0 nitrogen and oxygen atoms in total.